The van der Waals surface area contributed by atoms with Crippen molar-refractivity contribution in [2.45, 2.75) is 59.1 Å². The molecule has 1 rings (SSSR count). The van der Waals surface area contributed by atoms with E-state index < -0.39 is 52.2 Å². The van der Waals surface area contributed by atoms with E-state index in [1.54, 1.807) is 40.7 Å². The van der Waals surface area contributed by atoms with Crippen LogP contribution in [0.5, 0.6) is 0 Å². The number of nitro groups is 1. The Morgan fingerprint density at radius 2 is 1.67 bits per heavy atom. The highest BCUT2D eigenvalue weighted by atomic mass is 16.6. The number of amides is 3. The fraction of sp³-hybridized carbons (Fsp3) is 0.545. The maximum atomic E-state index is 13.3. The highest BCUT2D eigenvalue weighted by Crippen LogP contribution is 2.28. The third-order valence-electron chi connectivity index (χ3n) is 4.72. The second kappa shape index (κ2) is 11.4. The van der Waals surface area contributed by atoms with E-state index in [4.69, 9.17) is 4.74 Å². The van der Waals surface area contributed by atoms with Crippen LogP contribution >= 0.6 is 0 Å². The molecule has 11 heteroatoms. The molecule has 1 aromatic carbocycles. The highest BCUT2D eigenvalue weighted by Gasteiger charge is 2.44. The Morgan fingerprint density at radius 1 is 1.06 bits per heavy atom. The van der Waals surface area contributed by atoms with Gasteiger partial charge in [0.1, 0.15) is 17.7 Å². The smallest absolute Gasteiger partial charge is 0.325 e. The Hall–Kier alpha value is -3.50. The second-order valence-electron chi connectivity index (χ2n) is 8.92. The van der Waals surface area contributed by atoms with Gasteiger partial charge in [0.25, 0.3) is 5.69 Å². The molecule has 33 heavy (non-hydrogen) atoms. The van der Waals surface area contributed by atoms with Crippen molar-refractivity contribution in [3.05, 3.63) is 39.9 Å². The summed E-state index contributed by atoms with van der Waals surface area (Å²) >= 11 is 0. The summed E-state index contributed by atoms with van der Waals surface area (Å²) in [6.45, 7) is 8.78. The fourth-order valence-electron chi connectivity index (χ4n) is 3.12. The summed E-state index contributed by atoms with van der Waals surface area (Å²) in [6, 6.07) is 5.89. The molecule has 1 atom stereocenters. The van der Waals surface area contributed by atoms with Crippen LogP contribution in [0.1, 0.15) is 47.1 Å². The molecular weight excluding hydrogens is 432 g/mol. The molecule has 1 unspecified atom stereocenters. The number of esters is 1. The van der Waals surface area contributed by atoms with Gasteiger partial charge < -0.3 is 20.7 Å². The van der Waals surface area contributed by atoms with Gasteiger partial charge >= 0.3 is 5.97 Å². The molecular formula is C22H32N4O7. The van der Waals surface area contributed by atoms with Crippen molar-refractivity contribution in [3.8, 4) is 0 Å². The van der Waals surface area contributed by atoms with Gasteiger partial charge in [0.2, 0.25) is 17.7 Å². The summed E-state index contributed by atoms with van der Waals surface area (Å²) in [5, 5.41) is 19.0. The molecule has 0 aliphatic carbocycles. The predicted octanol–water partition coefficient (Wildman–Crippen LogP) is 1.24. The molecule has 0 aliphatic rings. The van der Waals surface area contributed by atoms with E-state index in [1.165, 1.54) is 25.1 Å². The van der Waals surface area contributed by atoms with Gasteiger partial charge in [0, 0.05) is 25.0 Å². The quantitative estimate of drug-likeness (QED) is 0.267. The number of hydrogen-bond acceptors (Lipinski definition) is 7. The van der Waals surface area contributed by atoms with Crippen LogP contribution in [0.3, 0.4) is 0 Å². The zero-order valence-corrected chi connectivity index (χ0v) is 19.8. The zero-order valence-electron chi connectivity index (χ0n) is 19.8. The average molecular weight is 465 g/mol. The standard InChI is InChI=1S/C22H32N4O7/c1-14(2)22(25-18(28)12-23-15(3)27,11-16-9-7-8-10-17(16)26(31)32)20(30)24-13-19(29)33-21(4,5)6/h7-10,14H,11-13H2,1-6H3,(H,23,27)(H,24,30)(H,25,28). The van der Waals surface area contributed by atoms with Crippen LogP contribution in [0.4, 0.5) is 5.69 Å². The average Bonchev–Trinajstić information content (AvgIpc) is 2.68. The van der Waals surface area contributed by atoms with Gasteiger partial charge in [-0.05, 0) is 26.7 Å². The Morgan fingerprint density at radius 3 is 2.18 bits per heavy atom. The van der Waals surface area contributed by atoms with Gasteiger partial charge in [-0.1, -0.05) is 32.0 Å². The first-order chi connectivity index (χ1) is 15.2. The molecule has 0 heterocycles. The molecule has 3 amide bonds. The normalized spacial score (nSPS) is 12.9. The van der Waals surface area contributed by atoms with Crippen molar-refractivity contribution in [1.82, 2.24) is 16.0 Å². The van der Waals surface area contributed by atoms with Crippen LogP contribution in [-0.2, 0) is 30.3 Å². The monoisotopic (exact) mass is 464 g/mol. The molecule has 0 aromatic heterocycles. The van der Waals surface area contributed by atoms with E-state index in [9.17, 15) is 29.3 Å². The molecule has 0 aliphatic heterocycles. The lowest BCUT2D eigenvalue weighted by atomic mass is 9.79. The summed E-state index contributed by atoms with van der Waals surface area (Å²) in [6.07, 6.45) is -0.215. The lowest BCUT2D eigenvalue weighted by molar-refractivity contribution is -0.385. The maximum absolute atomic E-state index is 13.3. The van der Waals surface area contributed by atoms with Crippen LogP contribution in [0, 0.1) is 16.0 Å². The SMILES string of the molecule is CC(=O)NCC(=O)NC(Cc1ccccc1[N+](=O)[O-])(C(=O)NCC(=O)OC(C)(C)C)C(C)C. The zero-order chi connectivity index (χ0) is 25.4. The molecule has 0 spiro atoms. The largest absolute Gasteiger partial charge is 0.459 e. The van der Waals surface area contributed by atoms with Crippen molar-refractivity contribution in [1.29, 1.82) is 0 Å². The van der Waals surface area contributed by atoms with E-state index in [1.807, 2.05) is 0 Å². The number of ether oxygens (including phenoxy) is 1. The predicted molar refractivity (Wildman–Crippen MR) is 120 cm³/mol. The number of nitro benzene ring substituents is 1. The van der Waals surface area contributed by atoms with Crippen molar-refractivity contribution in [2.75, 3.05) is 13.1 Å². The van der Waals surface area contributed by atoms with Gasteiger partial charge in [0.05, 0.1) is 11.5 Å². The first-order valence-corrected chi connectivity index (χ1v) is 10.5. The maximum Gasteiger partial charge on any atom is 0.325 e. The van der Waals surface area contributed by atoms with E-state index >= 15 is 0 Å². The fourth-order valence-corrected chi connectivity index (χ4v) is 3.12. The lowest BCUT2D eigenvalue weighted by Gasteiger charge is -2.37. The van der Waals surface area contributed by atoms with Crippen molar-refractivity contribution in [3.63, 3.8) is 0 Å². The molecule has 182 valence electrons. The molecule has 11 nitrogen and oxygen atoms in total. The first kappa shape index (κ1) is 27.5. The van der Waals surface area contributed by atoms with Crippen LogP contribution < -0.4 is 16.0 Å². The van der Waals surface area contributed by atoms with Gasteiger partial charge in [-0.2, -0.15) is 0 Å². The summed E-state index contributed by atoms with van der Waals surface area (Å²) in [5.41, 5.74) is -2.39. The Balaban J connectivity index is 3.31. The van der Waals surface area contributed by atoms with Crippen molar-refractivity contribution < 1.29 is 28.8 Å². The number of carbonyl (C=O) groups is 4. The summed E-state index contributed by atoms with van der Waals surface area (Å²) in [5.74, 6) is -3.03. The van der Waals surface area contributed by atoms with Crippen molar-refractivity contribution >= 4 is 29.4 Å². The summed E-state index contributed by atoms with van der Waals surface area (Å²) in [7, 11) is 0. The van der Waals surface area contributed by atoms with Crippen molar-refractivity contribution in [2.24, 2.45) is 5.92 Å². The molecule has 0 saturated heterocycles. The Kier molecular flexibility index (Phi) is 9.50. The number of rotatable bonds is 10. The summed E-state index contributed by atoms with van der Waals surface area (Å²) in [4.78, 5) is 60.1. The Bertz CT molecular complexity index is 908. The van der Waals surface area contributed by atoms with E-state index in [-0.39, 0.29) is 24.2 Å². The number of para-hydroxylation sites is 1. The third kappa shape index (κ3) is 8.51. The molecule has 0 bridgehead atoms. The van der Waals surface area contributed by atoms with Gasteiger partial charge in [-0.25, -0.2) is 0 Å². The molecule has 0 radical (unpaired) electrons. The number of nitrogens with one attached hydrogen (secondary N) is 3. The summed E-state index contributed by atoms with van der Waals surface area (Å²) < 4.78 is 5.20. The third-order valence-corrected chi connectivity index (χ3v) is 4.72. The van der Waals surface area contributed by atoms with E-state index in [0.29, 0.717) is 0 Å². The Labute approximate surface area is 192 Å². The van der Waals surface area contributed by atoms with E-state index in [0.717, 1.165) is 0 Å². The molecule has 3 N–H and O–H groups in total. The first-order valence-electron chi connectivity index (χ1n) is 10.5. The van der Waals surface area contributed by atoms with Gasteiger partial charge in [-0.15, -0.1) is 0 Å². The minimum absolute atomic E-state index is 0.210. The van der Waals surface area contributed by atoms with E-state index in [2.05, 4.69) is 16.0 Å². The molecule has 0 saturated carbocycles. The van der Waals surface area contributed by atoms with Gasteiger partial charge in [0.15, 0.2) is 0 Å². The molecule has 1 aromatic rings. The number of carbonyl (C=O) groups excluding carboxylic acids is 4. The second-order valence-corrected chi connectivity index (χ2v) is 8.92. The van der Waals surface area contributed by atoms with Crippen LogP contribution in [0.2, 0.25) is 0 Å². The lowest BCUT2D eigenvalue weighted by Crippen LogP contribution is -2.64. The van der Waals surface area contributed by atoms with Gasteiger partial charge in [-0.3, -0.25) is 29.3 Å². The van der Waals surface area contributed by atoms with Crippen LogP contribution in [0.15, 0.2) is 24.3 Å². The topological polar surface area (TPSA) is 157 Å². The number of nitrogens with zero attached hydrogens (tertiary/aromatic N) is 1. The number of benzene rings is 1. The highest BCUT2D eigenvalue weighted by molar-refractivity contribution is 5.95. The van der Waals surface area contributed by atoms with Crippen LogP contribution in [0.25, 0.3) is 0 Å². The number of hydrogen-bond donors (Lipinski definition) is 3. The minimum atomic E-state index is -1.65. The minimum Gasteiger partial charge on any atom is -0.459 e. The van der Waals surface area contributed by atoms with Crippen LogP contribution in [-0.4, -0.2) is 52.8 Å². The molecule has 0 fully saturated rings.